The highest BCUT2D eigenvalue weighted by atomic mass is 32.2. The predicted octanol–water partition coefficient (Wildman–Crippen LogP) is 3.03. The maximum Gasteiger partial charge on any atom is 0.341 e. The number of nitrogens with zero attached hydrogens (tertiary/aromatic N) is 2. The van der Waals surface area contributed by atoms with E-state index in [1.54, 1.807) is 30.8 Å². The number of hydrogen-bond donors (Lipinski definition) is 0. The summed E-state index contributed by atoms with van der Waals surface area (Å²) < 4.78 is 19.5. The number of esters is 1. The first-order valence-corrected chi connectivity index (χ1v) is 7.16. The maximum absolute atomic E-state index is 12.8. The summed E-state index contributed by atoms with van der Waals surface area (Å²) in [5, 5.41) is 4.09. The van der Waals surface area contributed by atoms with Crippen LogP contribution < -0.4 is 0 Å². The van der Waals surface area contributed by atoms with Crippen molar-refractivity contribution in [2.75, 3.05) is 6.61 Å². The zero-order chi connectivity index (χ0) is 14.5. The number of aromatic nitrogens is 2. The van der Waals surface area contributed by atoms with Gasteiger partial charge in [-0.25, -0.2) is 9.18 Å². The third-order valence-corrected chi connectivity index (χ3v) is 3.77. The molecule has 1 heterocycles. The smallest absolute Gasteiger partial charge is 0.341 e. The molecule has 1 aromatic carbocycles. The summed E-state index contributed by atoms with van der Waals surface area (Å²) in [5.74, 6) is -0.0617. The highest BCUT2D eigenvalue weighted by Crippen LogP contribution is 2.24. The zero-order valence-corrected chi connectivity index (χ0v) is 12.1. The molecule has 0 unspecified atom stereocenters. The van der Waals surface area contributed by atoms with Gasteiger partial charge < -0.3 is 4.74 Å². The minimum Gasteiger partial charge on any atom is -0.462 e. The van der Waals surface area contributed by atoms with Crippen LogP contribution in [0.1, 0.15) is 23.0 Å². The molecule has 0 bridgehead atoms. The van der Waals surface area contributed by atoms with Crippen LogP contribution in [0.15, 0.2) is 35.4 Å². The number of carbonyl (C=O) groups is 1. The van der Waals surface area contributed by atoms with E-state index in [0.717, 1.165) is 10.6 Å². The van der Waals surface area contributed by atoms with Crippen LogP contribution in [-0.2, 0) is 17.5 Å². The molecule has 4 nitrogen and oxygen atoms in total. The first-order chi connectivity index (χ1) is 9.61. The Morgan fingerprint density at radius 3 is 2.75 bits per heavy atom. The lowest BCUT2D eigenvalue weighted by atomic mass is 10.3. The first-order valence-electron chi connectivity index (χ1n) is 6.18. The van der Waals surface area contributed by atoms with Crippen LogP contribution in [0.2, 0.25) is 0 Å². The number of rotatable bonds is 5. The van der Waals surface area contributed by atoms with Gasteiger partial charge in [-0.1, -0.05) is 0 Å². The Bertz CT molecular complexity index is 596. The van der Waals surface area contributed by atoms with Crippen molar-refractivity contribution < 1.29 is 13.9 Å². The Hall–Kier alpha value is -1.82. The quantitative estimate of drug-likeness (QED) is 0.628. The van der Waals surface area contributed by atoms with Gasteiger partial charge >= 0.3 is 5.97 Å². The zero-order valence-electron chi connectivity index (χ0n) is 11.3. The topological polar surface area (TPSA) is 44.1 Å². The molecular weight excluding hydrogens is 279 g/mol. The van der Waals surface area contributed by atoms with Gasteiger partial charge in [0.15, 0.2) is 0 Å². The minimum absolute atomic E-state index is 0.262. The van der Waals surface area contributed by atoms with E-state index in [2.05, 4.69) is 5.10 Å². The van der Waals surface area contributed by atoms with E-state index in [4.69, 9.17) is 4.74 Å². The van der Waals surface area contributed by atoms with E-state index < -0.39 is 0 Å². The molecule has 2 aromatic rings. The van der Waals surface area contributed by atoms with Crippen LogP contribution >= 0.6 is 11.8 Å². The van der Waals surface area contributed by atoms with Crippen LogP contribution in [0, 0.1) is 5.82 Å². The Labute approximate surface area is 120 Å². The number of benzene rings is 1. The molecule has 0 saturated carbocycles. The first kappa shape index (κ1) is 14.6. The summed E-state index contributed by atoms with van der Waals surface area (Å²) in [7, 11) is 1.78. The number of aryl methyl sites for hydroxylation is 1. The van der Waals surface area contributed by atoms with Crippen LogP contribution in [0.4, 0.5) is 4.39 Å². The van der Waals surface area contributed by atoms with Gasteiger partial charge in [-0.2, -0.15) is 5.10 Å². The van der Waals surface area contributed by atoms with Crippen LogP contribution in [-0.4, -0.2) is 22.4 Å². The lowest BCUT2D eigenvalue weighted by Gasteiger charge is -2.06. The van der Waals surface area contributed by atoms with Crippen molar-refractivity contribution in [2.24, 2.45) is 7.05 Å². The summed E-state index contributed by atoms with van der Waals surface area (Å²) in [5.41, 5.74) is 1.27. The van der Waals surface area contributed by atoms with E-state index in [9.17, 15) is 9.18 Å². The second-order valence-corrected chi connectivity index (χ2v) is 5.14. The van der Waals surface area contributed by atoms with Crippen molar-refractivity contribution in [3.63, 3.8) is 0 Å². The van der Waals surface area contributed by atoms with E-state index in [0.29, 0.717) is 17.9 Å². The Kier molecular flexibility index (Phi) is 4.79. The fourth-order valence-electron chi connectivity index (χ4n) is 1.70. The molecule has 0 aliphatic heterocycles. The van der Waals surface area contributed by atoms with Gasteiger partial charge in [0.25, 0.3) is 0 Å². The molecule has 0 radical (unpaired) electrons. The number of hydrogen-bond acceptors (Lipinski definition) is 4. The van der Waals surface area contributed by atoms with Crippen molar-refractivity contribution in [3.8, 4) is 0 Å². The largest absolute Gasteiger partial charge is 0.462 e. The van der Waals surface area contributed by atoms with Gasteiger partial charge in [0.2, 0.25) is 0 Å². The van der Waals surface area contributed by atoms with Crippen molar-refractivity contribution in [2.45, 2.75) is 17.6 Å². The Balaban J connectivity index is 2.11. The second kappa shape index (κ2) is 6.56. The van der Waals surface area contributed by atoms with Crippen LogP contribution in [0.25, 0.3) is 0 Å². The summed E-state index contributed by atoms with van der Waals surface area (Å²) in [6, 6.07) is 6.25. The van der Waals surface area contributed by atoms with Gasteiger partial charge in [0.05, 0.1) is 18.5 Å². The van der Waals surface area contributed by atoms with Gasteiger partial charge in [-0.3, -0.25) is 4.68 Å². The van der Waals surface area contributed by atoms with Crippen molar-refractivity contribution >= 4 is 17.7 Å². The average molecular weight is 294 g/mol. The van der Waals surface area contributed by atoms with Gasteiger partial charge in [0, 0.05) is 17.7 Å². The average Bonchev–Trinajstić information content (AvgIpc) is 2.80. The third kappa shape index (κ3) is 3.39. The van der Waals surface area contributed by atoms with Crippen LogP contribution in [0.3, 0.4) is 0 Å². The molecule has 0 atom stereocenters. The summed E-state index contributed by atoms with van der Waals surface area (Å²) >= 11 is 1.52. The normalized spacial score (nSPS) is 10.6. The SMILES string of the molecule is CCOC(=O)c1cnn(C)c1CSc1ccc(F)cc1. The molecule has 0 aliphatic rings. The van der Waals surface area contributed by atoms with E-state index in [-0.39, 0.29) is 11.8 Å². The highest BCUT2D eigenvalue weighted by molar-refractivity contribution is 7.98. The van der Waals surface area contributed by atoms with Crippen molar-refractivity contribution in [1.29, 1.82) is 0 Å². The fourth-order valence-corrected chi connectivity index (χ4v) is 2.67. The standard InChI is InChI=1S/C14H15FN2O2S/c1-3-19-14(18)12-8-16-17(2)13(12)9-20-11-6-4-10(15)5-7-11/h4-8H,3,9H2,1-2H3. The van der Waals surface area contributed by atoms with Crippen molar-refractivity contribution in [1.82, 2.24) is 9.78 Å². The molecule has 1 aromatic heterocycles. The molecule has 6 heteroatoms. The van der Waals surface area contributed by atoms with Gasteiger partial charge in [-0.05, 0) is 31.2 Å². The molecule has 0 saturated heterocycles. The monoisotopic (exact) mass is 294 g/mol. The van der Waals surface area contributed by atoms with E-state index in [1.165, 1.54) is 30.1 Å². The molecule has 106 valence electrons. The molecule has 0 aliphatic carbocycles. The number of thioether (sulfide) groups is 1. The molecule has 0 spiro atoms. The summed E-state index contributed by atoms with van der Waals surface area (Å²) in [6.07, 6.45) is 1.51. The number of carbonyl (C=O) groups excluding carboxylic acids is 1. The summed E-state index contributed by atoms with van der Waals surface area (Å²) in [4.78, 5) is 12.7. The fraction of sp³-hybridized carbons (Fsp3) is 0.286. The van der Waals surface area contributed by atoms with E-state index >= 15 is 0 Å². The number of halogens is 1. The number of ether oxygens (including phenoxy) is 1. The van der Waals surface area contributed by atoms with Crippen LogP contribution in [0.5, 0.6) is 0 Å². The lowest BCUT2D eigenvalue weighted by Crippen LogP contribution is -2.08. The minimum atomic E-state index is -0.365. The Morgan fingerprint density at radius 2 is 2.10 bits per heavy atom. The molecule has 0 N–H and O–H groups in total. The Morgan fingerprint density at radius 1 is 1.40 bits per heavy atom. The lowest BCUT2D eigenvalue weighted by molar-refractivity contribution is 0.0525. The van der Waals surface area contributed by atoms with Gasteiger partial charge in [0.1, 0.15) is 11.4 Å². The predicted molar refractivity (Wildman–Crippen MR) is 75.1 cm³/mol. The molecule has 0 fully saturated rings. The molecule has 2 rings (SSSR count). The molecular formula is C14H15FN2O2S. The van der Waals surface area contributed by atoms with E-state index in [1.807, 2.05) is 0 Å². The molecule has 20 heavy (non-hydrogen) atoms. The second-order valence-electron chi connectivity index (χ2n) is 4.09. The van der Waals surface area contributed by atoms with Crippen molar-refractivity contribution in [3.05, 3.63) is 47.5 Å². The summed E-state index contributed by atoms with van der Waals surface area (Å²) in [6.45, 7) is 2.10. The maximum atomic E-state index is 12.8. The van der Waals surface area contributed by atoms with Gasteiger partial charge in [-0.15, -0.1) is 11.8 Å². The molecule has 0 amide bonds. The third-order valence-electron chi connectivity index (χ3n) is 2.75. The highest BCUT2D eigenvalue weighted by Gasteiger charge is 2.17.